The van der Waals surface area contributed by atoms with Gasteiger partial charge >= 0.3 is 0 Å². The van der Waals surface area contributed by atoms with Gasteiger partial charge in [0.25, 0.3) is 0 Å². The standard InChI is InChI=1S/C3H7.3BrH.Zr/c1-3-2;;;;/h1,3H2,2H3;3*1H;/q-1;;;;. The third-order valence-corrected chi connectivity index (χ3v) is 0. The fourth-order valence-electron chi connectivity index (χ4n) is 0. The molecule has 0 unspecified atom stereocenters. The Labute approximate surface area is 96.3 Å². The summed E-state index contributed by atoms with van der Waals surface area (Å²) in [4.78, 5) is 0. The second-order valence-corrected chi connectivity index (χ2v) is 0.500. The predicted octanol–water partition coefficient (Wildman–Crippen LogP) is 2.96. The summed E-state index contributed by atoms with van der Waals surface area (Å²) in [5.41, 5.74) is 0. The zero-order valence-corrected chi connectivity index (χ0v) is 11.7. The van der Waals surface area contributed by atoms with E-state index in [2.05, 4.69) is 6.92 Å². The molecule has 0 aliphatic carbocycles. The summed E-state index contributed by atoms with van der Waals surface area (Å²) in [6.45, 7) is 5.50. The van der Waals surface area contributed by atoms with Gasteiger partial charge in [-0.1, -0.05) is 6.92 Å². The van der Waals surface area contributed by atoms with Gasteiger partial charge in [-0.25, -0.2) is 0 Å². The van der Waals surface area contributed by atoms with E-state index in [0.29, 0.717) is 0 Å². The van der Waals surface area contributed by atoms with Gasteiger partial charge < -0.3 is 6.92 Å². The van der Waals surface area contributed by atoms with E-state index in [0.717, 1.165) is 6.42 Å². The molecule has 0 aromatic heterocycles. The first-order valence-corrected chi connectivity index (χ1v) is 1.21. The van der Waals surface area contributed by atoms with Crippen LogP contribution in [0.3, 0.4) is 0 Å². The van der Waals surface area contributed by atoms with Crippen LogP contribution in [0, 0.1) is 6.92 Å². The van der Waals surface area contributed by atoms with Gasteiger partial charge in [0.1, 0.15) is 0 Å². The average Bonchev–Trinajstić information content (AvgIpc) is 0.918. The summed E-state index contributed by atoms with van der Waals surface area (Å²) in [6.07, 6.45) is 1.00. The molecule has 7 heavy (non-hydrogen) atoms. The molecule has 0 aromatic carbocycles. The van der Waals surface area contributed by atoms with Crippen molar-refractivity contribution in [1.29, 1.82) is 0 Å². The van der Waals surface area contributed by atoms with E-state index in [9.17, 15) is 0 Å². The SMILES string of the molecule is Br.Br.Br.[CH2-]CC.[Zr]. The van der Waals surface area contributed by atoms with Gasteiger partial charge in [0.05, 0.1) is 0 Å². The van der Waals surface area contributed by atoms with Crippen LogP contribution in [0.5, 0.6) is 0 Å². The molecule has 0 rings (SSSR count). The number of halogens is 3. The van der Waals surface area contributed by atoms with Crippen LogP contribution in [-0.2, 0) is 26.2 Å². The van der Waals surface area contributed by atoms with Crippen LogP contribution in [-0.4, -0.2) is 0 Å². The second kappa shape index (κ2) is 40.4. The first kappa shape index (κ1) is 34.6. The van der Waals surface area contributed by atoms with Gasteiger partial charge in [0, 0.05) is 26.2 Å². The smallest absolute Gasteiger partial charge is 0 e. The Balaban J connectivity index is -0.00000000333. The van der Waals surface area contributed by atoms with Crippen LogP contribution in [0.25, 0.3) is 0 Å². The molecule has 0 radical (unpaired) electrons. The molecule has 0 fully saturated rings. The predicted molar refractivity (Wildman–Crippen MR) is 46.6 cm³/mol. The van der Waals surface area contributed by atoms with Crippen molar-refractivity contribution in [2.75, 3.05) is 0 Å². The number of hydrogen-bond acceptors (Lipinski definition) is 0. The van der Waals surface area contributed by atoms with Crippen molar-refractivity contribution in [3.63, 3.8) is 0 Å². The van der Waals surface area contributed by atoms with Gasteiger partial charge in [0.2, 0.25) is 0 Å². The fraction of sp³-hybridized carbons (Fsp3) is 0.667. The van der Waals surface area contributed by atoms with Crippen LogP contribution in [0.4, 0.5) is 0 Å². The summed E-state index contributed by atoms with van der Waals surface area (Å²) in [7, 11) is 0. The van der Waals surface area contributed by atoms with Crippen molar-refractivity contribution in [3.05, 3.63) is 6.92 Å². The maximum Gasteiger partial charge on any atom is 0 e. The van der Waals surface area contributed by atoms with Crippen LogP contribution < -0.4 is 0 Å². The van der Waals surface area contributed by atoms with Gasteiger partial charge in [0.15, 0.2) is 0 Å². The van der Waals surface area contributed by atoms with Gasteiger partial charge in [-0.2, -0.15) is 6.42 Å². The monoisotopic (exact) mass is 373 g/mol. The summed E-state index contributed by atoms with van der Waals surface area (Å²) < 4.78 is 0. The van der Waals surface area contributed by atoms with Crippen LogP contribution >= 0.6 is 50.9 Å². The van der Waals surface area contributed by atoms with Gasteiger partial charge in [-0.15, -0.1) is 50.9 Å². The quantitative estimate of drug-likeness (QED) is 0.570. The minimum atomic E-state index is 0. The molecule has 0 saturated carbocycles. The maximum atomic E-state index is 3.49. The number of hydrogen-bond donors (Lipinski definition) is 0. The topological polar surface area (TPSA) is 0 Å². The molecule has 0 aliphatic heterocycles. The molecular weight excluding hydrogens is 367 g/mol. The summed E-state index contributed by atoms with van der Waals surface area (Å²) >= 11 is 0. The Hall–Kier alpha value is 2.32. The molecule has 0 atom stereocenters. The Morgan fingerprint density at radius 2 is 1.14 bits per heavy atom. The molecule has 0 saturated heterocycles. The third kappa shape index (κ3) is 61.7. The molecule has 0 heterocycles. The zero-order chi connectivity index (χ0) is 2.71. The summed E-state index contributed by atoms with van der Waals surface area (Å²) in [6, 6.07) is 0. The van der Waals surface area contributed by atoms with E-state index < -0.39 is 0 Å². The third-order valence-electron chi connectivity index (χ3n) is 0. The van der Waals surface area contributed by atoms with Gasteiger partial charge in [-0.3, -0.25) is 0 Å². The number of rotatable bonds is 0. The Morgan fingerprint density at radius 1 is 1.14 bits per heavy atom. The van der Waals surface area contributed by atoms with E-state index in [1.165, 1.54) is 0 Å². The van der Waals surface area contributed by atoms with Crippen molar-refractivity contribution in [1.82, 2.24) is 0 Å². The van der Waals surface area contributed by atoms with E-state index in [1.807, 2.05) is 6.92 Å². The second-order valence-electron chi connectivity index (χ2n) is 0.500. The maximum absolute atomic E-state index is 3.49. The summed E-state index contributed by atoms with van der Waals surface area (Å²) in [5, 5.41) is 0. The molecule has 0 aromatic rings. The Morgan fingerprint density at radius 3 is 1.14 bits per heavy atom. The van der Waals surface area contributed by atoms with E-state index in [-0.39, 0.29) is 77.1 Å². The molecule has 4 heteroatoms. The van der Waals surface area contributed by atoms with Crippen LogP contribution in [0.15, 0.2) is 0 Å². The first-order valence-electron chi connectivity index (χ1n) is 1.21. The largest absolute Gasteiger partial charge is 0.344 e. The molecule has 0 N–H and O–H groups in total. The first-order chi connectivity index (χ1) is 1.41. The van der Waals surface area contributed by atoms with Gasteiger partial charge in [-0.05, 0) is 0 Å². The molecule has 48 valence electrons. The van der Waals surface area contributed by atoms with E-state index >= 15 is 0 Å². The molecule has 0 amide bonds. The molecule has 0 aliphatic rings. The molecule has 0 bridgehead atoms. The Bertz CT molecular complexity index is 10.1. The normalized spacial score (nSPS) is 2.57. The minimum absolute atomic E-state index is 0. The Kier molecular flexibility index (Phi) is 200. The summed E-state index contributed by atoms with van der Waals surface area (Å²) in [5.74, 6) is 0. The van der Waals surface area contributed by atoms with Crippen LogP contribution in [0.1, 0.15) is 13.3 Å². The van der Waals surface area contributed by atoms with Crippen molar-refractivity contribution >= 4 is 50.9 Å². The minimum Gasteiger partial charge on any atom is -0.344 e. The molecule has 0 spiro atoms. The average molecular weight is 377 g/mol. The zero-order valence-electron chi connectivity index (χ0n) is 4.14. The van der Waals surface area contributed by atoms with Crippen molar-refractivity contribution < 1.29 is 26.2 Å². The van der Waals surface area contributed by atoms with Crippen molar-refractivity contribution in [2.45, 2.75) is 13.3 Å². The van der Waals surface area contributed by atoms with Crippen molar-refractivity contribution in [3.8, 4) is 0 Å². The fourth-order valence-corrected chi connectivity index (χ4v) is 0. The van der Waals surface area contributed by atoms with Crippen LogP contribution in [0.2, 0.25) is 0 Å². The van der Waals surface area contributed by atoms with E-state index in [1.54, 1.807) is 0 Å². The molecular formula is C3H10Br3Zr-. The van der Waals surface area contributed by atoms with E-state index in [4.69, 9.17) is 0 Å². The van der Waals surface area contributed by atoms with Crippen molar-refractivity contribution in [2.24, 2.45) is 0 Å². The molecule has 0 nitrogen and oxygen atoms in total.